The van der Waals surface area contributed by atoms with Crippen molar-refractivity contribution in [3.63, 3.8) is 0 Å². The molecule has 0 spiro atoms. The molecule has 0 fully saturated rings. The van der Waals surface area contributed by atoms with Gasteiger partial charge in [-0.3, -0.25) is 0 Å². The molecular weight excluding hydrogens is 560 g/mol. The first kappa shape index (κ1) is 22.5. The maximum absolute atomic E-state index is 3.73. The Morgan fingerprint density at radius 1 is 0.771 bits per heavy atom. The summed E-state index contributed by atoms with van der Waals surface area (Å²) >= 11 is 7.45. The van der Waals surface area contributed by atoms with E-state index in [-0.39, 0.29) is 0 Å². The smallest absolute Gasteiger partial charge is 0.214 e. The molecule has 0 bridgehead atoms. The molecule has 5 aromatic rings. The van der Waals surface area contributed by atoms with E-state index in [2.05, 4.69) is 146 Å². The summed E-state index contributed by atoms with van der Waals surface area (Å²) < 4.78 is 7.09. The van der Waals surface area contributed by atoms with Crippen LogP contribution in [0.15, 0.2) is 93.9 Å². The van der Waals surface area contributed by atoms with Gasteiger partial charge in [0.15, 0.2) is 0 Å². The molecule has 4 aromatic carbocycles. The van der Waals surface area contributed by atoms with E-state index < -0.39 is 0 Å². The second kappa shape index (κ2) is 8.92. The van der Waals surface area contributed by atoms with Crippen LogP contribution in [0.4, 0.5) is 5.69 Å². The summed E-state index contributed by atoms with van der Waals surface area (Å²) in [7, 11) is 0. The Kier molecular flexibility index (Phi) is 5.74. The van der Waals surface area contributed by atoms with Crippen molar-refractivity contribution in [2.75, 3.05) is 6.54 Å². The monoisotopic (exact) mass is 583 g/mol. The predicted octanol–water partition coefficient (Wildman–Crippen LogP) is 8.27. The zero-order chi connectivity index (χ0) is 24.1. The third-order valence-corrected chi connectivity index (χ3v) is 8.39. The highest BCUT2D eigenvalue weighted by atomic mass is 79.9. The van der Waals surface area contributed by atoms with Crippen LogP contribution in [0.3, 0.4) is 0 Å². The van der Waals surface area contributed by atoms with E-state index in [0.717, 1.165) is 22.0 Å². The number of hydrogen-bond donors (Lipinski definition) is 0. The highest BCUT2D eigenvalue weighted by Crippen LogP contribution is 2.39. The molecule has 0 aliphatic carbocycles. The molecular formula is C31H25Br2N2+. The highest BCUT2D eigenvalue weighted by Gasteiger charge is 2.29. The topological polar surface area (TPSA) is 7.94 Å². The Labute approximate surface area is 221 Å². The first-order valence-corrected chi connectivity index (χ1v) is 13.6. The second-order valence-corrected chi connectivity index (χ2v) is 10.5. The van der Waals surface area contributed by atoms with Crippen molar-refractivity contribution in [1.82, 2.24) is 4.57 Å². The van der Waals surface area contributed by atoms with Crippen molar-refractivity contribution in [3.05, 3.63) is 105 Å². The third-order valence-electron chi connectivity index (χ3n) is 7.01. The fourth-order valence-corrected chi connectivity index (χ4v) is 6.46. The van der Waals surface area contributed by atoms with Crippen LogP contribution in [0, 0.1) is 0 Å². The minimum Gasteiger partial charge on any atom is -0.341 e. The van der Waals surface area contributed by atoms with Gasteiger partial charge in [-0.2, -0.15) is 4.58 Å². The molecule has 6 rings (SSSR count). The van der Waals surface area contributed by atoms with Crippen LogP contribution in [-0.2, 0) is 6.54 Å². The maximum Gasteiger partial charge on any atom is 0.214 e. The third kappa shape index (κ3) is 3.46. The van der Waals surface area contributed by atoms with Gasteiger partial charge in [0.05, 0.1) is 10.9 Å². The number of benzene rings is 4. The number of nitrogens with zero attached hydrogens (tertiary/aromatic N) is 2. The molecule has 0 saturated carbocycles. The fraction of sp³-hybridized carbons (Fsp3) is 0.129. The largest absolute Gasteiger partial charge is 0.341 e. The molecule has 4 heteroatoms. The molecule has 0 atom stereocenters. The van der Waals surface area contributed by atoms with Crippen molar-refractivity contribution in [1.29, 1.82) is 0 Å². The Hall–Kier alpha value is -2.95. The van der Waals surface area contributed by atoms with Gasteiger partial charge in [0.25, 0.3) is 0 Å². The first-order chi connectivity index (χ1) is 17.1. The molecule has 2 nitrogen and oxygen atoms in total. The van der Waals surface area contributed by atoms with Gasteiger partial charge in [-0.1, -0.05) is 80.4 Å². The van der Waals surface area contributed by atoms with Crippen molar-refractivity contribution in [2.24, 2.45) is 0 Å². The van der Waals surface area contributed by atoms with Crippen molar-refractivity contribution in [2.45, 2.75) is 20.4 Å². The summed E-state index contributed by atoms with van der Waals surface area (Å²) in [6, 6.07) is 21.9. The van der Waals surface area contributed by atoms with Crippen LogP contribution in [0.5, 0.6) is 0 Å². The number of allylic oxidation sites excluding steroid dienone is 4. The van der Waals surface area contributed by atoms with E-state index in [1.807, 2.05) is 0 Å². The molecule has 0 saturated heterocycles. The SMILES string of the molecule is CCn1\c(=C/C=C/C=C/C2=[N+](CC)c3ccc(Br)c4cccc2c34)c2cccc3c(Br)ccc1c32. The van der Waals surface area contributed by atoms with Gasteiger partial charge in [-0.05, 0) is 49.6 Å². The molecule has 0 N–H and O–H groups in total. The number of rotatable bonds is 5. The fourth-order valence-electron chi connectivity index (χ4n) is 5.53. The predicted molar refractivity (Wildman–Crippen MR) is 157 cm³/mol. The van der Waals surface area contributed by atoms with Crippen LogP contribution in [0.2, 0.25) is 0 Å². The molecule has 2 heterocycles. The van der Waals surface area contributed by atoms with E-state index in [9.17, 15) is 0 Å². The molecule has 0 unspecified atom stereocenters. The van der Waals surface area contributed by atoms with E-state index in [4.69, 9.17) is 0 Å². The molecule has 172 valence electrons. The standard InChI is InChI=1S/C31H25Br2N2/c1-3-34-26(22-12-8-10-20-24(32)16-18-28(34)30(20)22)14-6-5-7-15-27-23-13-9-11-21-25(33)17-19-29(31(21)23)35(27)4-2/h5-19H,3-4H2,1-2H3/q+1. The molecule has 0 amide bonds. The van der Waals surface area contributed by atoms with Crippen LogP contribution in [0.1, 0.15) is 19.4 Å². The minimum atomic E-state index is 0.933. The zero-order valence-electron chi connectivity index (χ0n) is 19.7. The Morgan fingerprint density at radius 3 is 2.26 bits per heavy atom. The summed E-state index contributed by atoms with van der Waals surface area (Å²) in [5, 5.41) is 7.74. The lowest BCUT2D eigenvalue weighted by molar-refractivity contribution is -0.430. The summed E-state index contributed by atoms with van der Waals surface area (Å²) in [5.41, 5.74) is 5.12. The molecule has 0 radical (unpaired) electrons. The van der Waals surface area contributed by atoms with Gasteiger partial charge in [-0.25, -0.2) is 0 Å². The summed E-state index contributed by atoms with van der Waals surface area (Å²) in [4.78, 5) is 0. The van der Waals surface area contributed by atoms with Gasteiger partial charge < -0.3 is 4.57 Å². The van der Waals surface area contributed by atoms with Gasteiger partial charge >= 0.3 is 0 Å². The lowest BCUT2D eigenvalue weighted by Crippen LogP contribution is -2.14. The Balaban J connectivity index is 1.40. The van der Waals surface area contributed by atoms with Crippen LogP contribution < -0.4 is 5.35 Å². The first-order valence-electron chi connectivity index (χ1n) is 12.0. The van der Waals surface area contributed by atoms with Gasteiger partial charge in [0.2, 0.25) is 11.4 Å². The van der Waals surface area contributed by atoms with Crippen LogP contribution in [-0.4, -0.2) is 21.4 Å². The molecule has 1 aliphatic rings. The lowest BCUT2D eigenvalue weighted by Gasteiger charge is -2.03. The van der Waals surface area contributed by atoms with E-state index in [1.54, 1.807) is 0 Å². The highest BCUT2D eigenvalue weighted by molar-refractivity contribution is 9.11. The van der Waals surface area contributed by atoms with E-state index in [0.29, 0.717) is 0 Å². The van der Waals surface area contributed by atoms with Gasteiger partial charge in [-0.15, -0.1) is 0 Å². The number of hydrogen-bond acceptors (Lipinski definition) is 0. The van der Waals surface area contributed by atoms with Crippen molar-refractivity contribution >= 4 is 81.8 Å². The van der Waals surface area contributed by atoms with Crippen molar-refractivity contribution < 1.29 is 4.58 Å². The van der Waals surface area contributed by atoms with E-state index in [1.165, 1.54) is 54.8 Å². The molecule has 1 aromatic heterocycles. The summed E-state index contributed by atoms with van der Waals surface area (Å²) in [5.74, 6) is 0. The Morgan fingerprint density at radius 2 is 1.49 bits per heavy atom. The van der Waals surface area contributed by atoms with Crippen LogP contribution in [0.25, 0.3) is 38.5 Å². The lowest BCUT2D eigenvalue weighted by atomic mass is 10.0. The summed E-state index contributed by atoms with van der Waals surface area (Å²) in [6.07, 6.45) is 10.9. The number of aromatic nitrogens is 1. The molecule has 35 heavy (non-hydrogen) atoms. The minimum absolute atomic E-state index is 0.933. The number of halogens is 2. The quantitative estimate of drug-likeness (QED) is 0.145. The van der Waals surface area contributed by atoms with Crippen molar-refractivity contribution in [3.8, 4) is 0 Å². The summed E-state index contributed by atoms with van der Waals surface area (Å²) in [6.45, 7) is 6.29. The maximum atomic E-state index is 3.73. The van der Waals surface area contributed by atoms with E-state index >= 15 is 0 Å². The Bertz CT molecular complexity index is 1780. The second-order valence-electron chi connectivity index (χ2n) is 8.76. The van der Waals surface area contributed by atoms with Gasteiger partial charge in [0, 0.05) is 54.7 Å². The zero-order valence-corrected chi connectivity index (χ0v) is 22.9. The number of aryl methyl sites for hydroxylation is 1. The average molecular weight is 585 g/mol. The van der Waals surface area contributed by atoms with Crippen LogP contribution >= 0.6 is 31.9 Å². The van der Waals surface area contributed by atoms with Gasteiger partial charge in [0.1, 0.15) is 6.54 Å². The molecule has 1 aliphatic heterocycles. The average Bonchev–Trinajstić information content (AvgIpc) is 3.36. The normalized spacial score (nSPS) is 14.3.